The highest BCUT2D eigenvalue weighted by molar-refractivity contribution is 5.88. The van der Waals surface area contributed by atoms with E-state index in [-0.39, 0.29) is 112 Å². The molecule has 2 aromatic rings. The van der Waals surface area contributed by atoms with E-state index in [1.807, 2.05) is 0 Å². The summed E-state index contributed by atoms with van der Waals surface area (Å²) in [6.07, 6.45) is 6.33. The summed E-state index contributed by atoms with van der Waals surface area (Å²) in [5.74, 6) is -16.0. The number of carbonyl (C=O) groups is 14. The number of rotatable bonds is 59. The fraction of sp³-hybridized carbons (Fsp3) is 0.618. The van der Waals surface area contributed by atoms with Crippen molar-refractivity contribution in [3.05, 3.63) is 58.7 Å². The molecule has 28 heteroatoms. The summed E-state index contributed by atoms with van der Waals surface area (Å²) in [5.41, 5.74) is 2.15. The summed E-state index contributed by atoms with van der Waals surface area (Å²) < 4.78 is 0. The number of carboxylic acids is 8. The number of aromatic hydroxyl groups is 2. The van der Waals surface area contributed by atoms with E-state index in [2.05, 4.69) is 10.6 Å². The Bertz CT molecular complexity index is 2720. The molecule has 0 aliphatic rings. The van der Waals surface area contributed by atoms with Crippen molar-refractivity contribution in [3.63, 3.8) is 0 Å². The lowest BCUT2D eigenvalue weighted by molar-refractivity contribution is -0.147. The SMILES string of the molecule is O=C(O)CCC(CC(=O)CC(CCCCCC(=O)CCCCCNC(=O)CCc1ccc(O)c(CN(CCN(CC(=O)O)Cc2cc(CCC(=O)NCCCCCC(=O)CCCCCC(CC(=O)CC(CCC(=O)O)C(=O)O)C(=O)O)ccc2O)CC(=O)O)c1)C(=O)O)C(=O)O. The molecular formula is C68H98N4O24. The van der Waals surface area contributed by atoms with Gasteiger partial charge in [0.2, 0.25) is 11.8 Å². The molecule has 0 radical (unpaired) electrons. The number of aryl methyl sites for hydroxylation is 2. The molecule has 0 bridgehead atoms. The van der Waals surface area contributed by atoms with Crippen molar-refractivity contribution in [3.8, 4) is 11.5 Å². The minimum atomic E-state index is -1.32. The van der Waals surface area contributed by atoms with Crippen LogP contribution in [0.1, 0.15) is 202 Å². The summed E-state index contributed by atoms with van der Waals surface area (Å²) in [4.78, 5) is 170. The van der Waals surface area contributed by atoms with E-state index in [4.69, 9.17) is 10.2 Å². The molecule has 2 aromatic carbocycles. The van der Waals surface area contributed by atoms with Gasteiger partial charge in [-0.05, 0) is 100 Å². The zero-order valence-electron chi connectivity index (χ0n) is 54.7. The molecular weight excluding hydrogens is 1260 g/mol. The number of unbranched alkanes of at least 4 members (excludes halogenated alkanes) is 8. The topological polar surface area (TPSA) is 472 Å². The van der Waals surface area contributed by atoms with Gasteiger partial charge in [0.25, 0.3) is 0 Å². The van der Waals surface area contributed by atoms with Crippen molar-refractivity contribution in [1.29, 1.82) is 0 Å². The van der Waals surface area contributed by atoms with E-state index in [9.17, 15) is 108 Å². The average molecular weight is 1360 g/mol. The van der Waals surface area contributed by atoms with Gasteiger partial charge >= 0.3 is 47.8 Å². The van der Waals surface area contributed by atoms with E-state index in [1.165, 1.54) is 21.9 Å². The van der Waals surface area contributed by atoms with Crippen LogP contribution in [0.3, 0.4) is 0 Å². The molecule has 2 rings (SSSR count). The van der Waals surface area contributed by atoms with Crippen LogP contribution in [-0.2, 0) is 93.1 Å². The van der Waals surface area contributed by atoms with E-state index in [0.29, 0.717) is 151 Å². The Morgan fingerprint density at radius 2 is 0.656 bits per heavy atom. The maximum atomic E-state index is 12.8. The number of phenolic OH excluding ortho intramolecular Hbond substituents is 2. The number of nitrogens with one attached hydrogen (secondary N) is 2. The van der Waals surface area contributed by atoms with Crippen LogP contribution in [0.4, 0.5) is 0 Å². The molecule has 0 saturated heterocycles. The molecule has 0 aliphatic carbocycles. The number of benzene rings is 2. The largest absolute Gasteiger partial charge is 0.508 e. The van der Waals surface area contributed by atoms with Gasteiger partial charge in [-0.3, -0.25) is 76.9 Å². The molecule has 0 heterocycles. The van der Waals surface area contributed by atoms with Crippen LogP contribution in [-0.4, -0.2) is 183 Å². The van der Waals surface area contributed by atoms with E-state index in [1.54, 1.807) is 24.3 Å². The number of amides is 2. The number of hydrogen-bond donors (Lipinski definition) is 12. The number of hydrogen-bond acceptors (Lipinski definition) is 18. The molecule has 2 amide bonds. The zero-order chi connectivity index (χ0) is 71.5. The molecule has 0 aliphatic heterocycles. The van der Waals surface area contributed by atoms with Gasteiger partial charge < -0.3 is 61.7 Å². The lowest BCUT2D eigenvalue weighted by Crippen LogP contribution is -2.39. The van der Waals surface area contributed by atoms with Crippen molar-refractivity contribution >= 4 is 82.7 Å². The second-order valence-electron chi connectivity index (χ2n) is 24.6. The van der Waals surface area contributed by atoms with Gasteiger partial charge in [-0.15, -0.1) is 0 Å². The van der Waals surface area contributed by atoms with Crippen molar-refractivity contribution in [2.45, 2.75) is 206 Å². The third-order valence-electron chi connectivity index (χ3n) is 16.4. The summed E-state index contributed by atoms with van der Waals surface area (Å²) in [6, 6.07) is 9.52. The lowest BCUT2D eigenvalue weighted by Gasteiger charge is -2.26. The van der Waals surface area contributed by atoms with Crippen LogP contribution in [0.5, 0.6) is 11.5 Å². The molecule has 0 spiro atoms. The van der Waals surface area contributed by atoms with Gasteiger partial charge in [0.05, 0.1) is 36.8 Å². The summed E-state index contributed by atoms with van der Waals surface area (Å²) >= 11 is 0. The maximum Gasteiger partial charge on any atom is 0.317 e. The van der Waals surface area contributed by atoms with Crippen LogP contribution >= 0.6 is 0 Å². The molecule has 96 heavy (non-hydrogen) atoms. The fourth-order valence-electron chi connectivity index (χ4n) is 11.0. The quantitative estimate of drug-likeness (QED) is 0.0295. The highest BCUT2D eigenvalue weighted by Crippen LogP contribution is 2.26. The van der Waals surface area contributed by atoms with Crippen LogP contribution in [0.25, 0.3) is 0 Å². The zero-order valence-corrected chi connectivity index (χ0v) is 54.7. The Labute approximate surface area is 558 Å². The van der Waals surface area contributed by atoms with Gasteiger partial charge in [0.1, 0.15) is 34.6 Å². The number of Topliss-reactive ketones (excluding diaryl/α,β-unsaturated/α-hetero) is 4. The predicted octanol–water partition coefficient (Wildman–Crippen LogP) is 7.06. The minimum absolute atomic E-state index is 0.0383. The monoisotopic (exact) mass is 1350 g/mol. The second-order valence-corrected chi connectivity index (χ2v) is 24.6. The Kier molecular flexibility index (Phi) is 41.1. The fourth-order valence-corrected chi connectivity index (χ4v) is 11.0. The normalized spacial score (nSPS) is 12.5. The molecule has 0 fully saturated rings. The highest BCUT2D eigenvalue weighted by atomic mass is 16.4. The summed E-state index contributed by atoms with van der Waals surface area (Å²) in [7, 11) is 0. The summed E-state index contributed by atoms with van der Waals surface area (Å²) in [5, 5.41) is 102. The van der Waals surface area contributed by atoms with Gasteiger partial charge in [0.15, 0.2) is 0 Å². The van der Waals surface area contributed by atoms with Crippen molar-refractivity contribution in [2.75, 3.05) is 39.3 Å². The van der Waals surface area contributed by atoms with Gasteiger partial charge in [-0.25, -0.2) is 0 Å². The van der Waals surface area contributed by atoms with E-state index in [0.717, 1.165) is 0 Å². The predicted molar refractivity (Wildman–Crippen MR) is 345 cm³/mol. The number of carboxylic acid groups (broad SMARTS) is 8. The van der Waals surface area contributed by atoms with Crippen molar-refractivity contribution in [2.24, 2.45) is 23.7 Å². The first kappa shape index (κ1) is 83.4. The van der Waals surface area contributed by atoms with Gasteiger partial charge in [-0.2, -0.15) is 0 Å². The third-order valence-corrected chi connectivity index (χ3v) is 16.4. The molecule has 12 N–H and O–H groups in total. The smallest absolute Gasteiger partial charge is 0.317 e. The first-order chi connectivity index (χ1) is 45.5. The molecule has 28 nitrogen and oxygen atoms in total. The number of aliphatic carboxylic acids is 8. The van der Waals surface area contributed by atoms with Crippen LogP contribution < -0.4 is 10.6 Å². The lowest BCUT2D eigenvalue weighted by atomic mass is 9.90. The van der Waals surface area contributed by atoms with Crippen molar-refractivity contribution in [1.82, 2.24) is 20.4 Å². The molecule has 4 atom stereocenters. The Morgan fingerprint density at radius 3 is 0.958 bits per heavy atom. The van der Waals surface area contributed by atoms with Gasteiger partial charge in [-0.1, -0.05) is 62.8 Å². The summed E-state index contributed by atoms with van der Waals surface area (Å²) in [6.45, 7) is -0.174. The van der Waals surface area contributed by atoms with Crippen LogP contribution in [0.2, 0.25) is 0 Å². The molecule has 0 aromatic heterocycles. The number of carbonyl (C=O) groups excluding carboxylic acids is 6. The molecule has 4 unspecified atom stereocenters. The standard InChI is InChI=1S/C68H98N4O24/c73-53(15-7-1-5-13-47(65(89)90)37-55(75)39-49(67(93)94)23-29-61(81)82)17-9-3-11-31-69-59(79)27-21-45-19-25-57(77)51(35-45)41-71(43-63(85)86)33-34-72(44-64(87)88)42-52-36-46(20-26-58(52)78)22-28-60(80)70-32-12-4-10-18-54(74)16-8-2-6-14-48(66(91)92)38-56(76)40-50(68(95)96)24-30-62(83)84/h19-20,25-26,35-36,47-50,77-78H,1-18,21-24,27-34,37-44H2,(H,69,79)(H,70,80)(H,81,82)(H,83,84)(H,85,86)(H,87,88)(H,89,90)(H,91,92)(H,93,94)(H,95,96). The number of nitrogens with zero attached hydrogens (tertiary/aromatic N) is 2. The minimum Gasteiger partial charge on any atom is -0.508 e. The third kappa shape index (κ3) is 39.3. The van der Waals surface area contributed by atoms with E-state index >= 15 is 0 Å². The maximum absolute atomic E-state index is 12.8. The molecule has 0 saturated carbocycles. The Morgan fingerprint density at radius 1 is 0.344 bits per heavy atom. The Hall–Kier alpha value is -8.66. The number of phenols is 2. The Balaban J connectivity index is 1.74. The van der Waals surface area contributed by atoms with Crippen LogP contribution in [0.15, 0.2) is 36.4 Å². The second kappa shape index (κ2) is 47.3. The van der Waals surface area contributed by atoms with Crippen molar-refractivity contribution < 1.29 is 118 Å². The first-order valence-corrected chi connectivity index (χ1v) is 33.0. The van der Waals surface area contributed by atoms with Gasteiger partial charge in [0, 0.05) is 127 Å². The van der Waals surface area contributed by atoms with Crippen LogP contribution in [0, 0.1) is 23.7 Å². The molecule has 534 valence electrons. The highest BCUT2D eigenvalue weighted by Gasteiger charge is 2.29. The average Bonchev–Trinajstić information content (AvgIpc) is 0.925. The van der Waals surface area contributed by atoms with E-state index < -0.39 is 122 Å². The first-order valence-electron chi connectivity index (χ1n) is 33.0. The number of ketones is 4.